The summed E-state index contributed by atoms with van der Waals surface area (Å²) in [6.07, 6.45) is 12.2. The molecular formula is C28H40N2O5. The Morgan fingerprint density at radius 2 is 1.89 bits per heavy atom. The lowest BCUT2D eigenvalue weighted by Crippen LogP contribution is -2.51. The summed E-state index contributed by atoms with van der Waals surface area (Å²) in [5.41, 5.74) is 2.71. The molecule has 4 aliphatic carbocycles. The Bertz CT molecular complexity index is 972. The number of amides is 1. The fourth-order valence-corrected chi connectivity index (χ4v) is 8.89. The molecule has 1 amide bonds. The van der Waals surface area contributed by atoms with Crippen molar-refractivity contribution < 1.29 is 24.3 Å². The Hall–Kier alpha value is -2.18. The molecular weight excluding hydrogens is 444 g/mol. The quantitative estimate of drug-likeness (QED) is 0.575. The molecule has 1 aliphatic heterocycles. The number of aliphatic carboxylic acids is 1. The summed E-state index contributed by atoms with van der Waals surface area (Å²) < 4.78 is 0. The maximum absolute atomic E-state index is 12.5. The van der Waals surface area contributed by atoms with Crippen molar-refractivity contribution in [3.05, 3.63) is 11.6 Å². The lowest BCUT2D eigenvalue weighted by molar-refractivity contribution is -0.150. The predicted octanol–water partition coefficient (Wildman–Crippen LogP) is 4.60. The first kappa shape index (κ1) is 24.5. The zero-order valence-electron chi connectivity index (χ0n) is 21.4. The Balaban J connectivity index is 1.24. The van der Waals surface area contributed by atoms with Crippen LogP contribution < -0.4 is 0 Å². The first-order chi connectivity index (χ1) is 16.6. The fourth-order valence-electron chi connectivity index (χ4n) is 8.89. The van der Waals surface area contributed by atoms with Crippen LogP contribution in [0.25, 0.3) is 0 Å². The maximum atomic E-state index is 12.5. The van der Waals surface area contributed by atoms with Gasteiger partial charge in [0.25, 0.3) is 5.91 Å². The molecule has 3 saturated carbocycles. The van der Waals surface area contributed by atoms with E-state index in [1.54, 1.807) is 6.92 Å². The highest BCUT2D eigenvalue weighted by Gasteiger charge is 2.59. The second-order valence-electron chi connectivity index (χ2n) is 12.2. The average molecular weight is 485 g/mol. The number of rotatable bonds is 5. The van der Waals surface area contributed by atoms with Gasteiger partial charge in [-0.2, -0.15) is 0 Å². The van der Waals surface area contributed by atoms with E-state index in [0.717, 1.165) is 37.8 Å². The van der Waals surface area contributed by atoms with Crippen molar-refractivity contribution in [1.82, 2.24) is 4.90 Å². The lowest BCUT2D eigenvalue weighted by atomic mass is 9.46. The molecule has 0 spiro atoms. The molecule has 0 radical (unpaired) electrons. The third kappa shape index (κ3) is 4.03. The van der Waals surface area contributed by atoms with Crippen LogP contribution in [0.15, 0.2) is 16.8 Å². The molecule has 1 N–H and O–H groups in total. The summed E-state index contributed by atoms with van der Waals surface area (Å²) in [4.78, 5) is 43.0. The molecule has 1 saturated heterocycles. The standard InChI is InChI=1S/C28H40N2O5/c1-17(31)21-8-9-22-20-7-6-18-15-19(10-12-27(18,2)23(20)11-13-28(21,22)3)29-35-16-25(32)30-14-4-5-24(30)26(33)34/h15,20-24H,4-14,16H2,1-3H3,(H,33,34). The van der Waals surface area contributed by atoms with E-state index in [1.807, 2.05) is 0 Å². The molecule has 1 heterocycles. The minimum Gasteiger partial charge on any atom is -0.480 e. The summed E-state index contributed by atoms with van der Waals surface area (Å²) in [7, 11) is 0. The van der Waals surface area contributed by atoms with Crippen molar-refractivity contribution in [2.45, 2.75) is 91.0 Å². The Morgan fingerprint density at radius 3 is 2.63 bits per heavy atom. The lowest BCUT2D eigenvalue weighted by Gasteiger charge is -2.58. The molecule has 0 aromatic carbocycles. The molecule has 0 aromatic heterocycles. The molecule has 4 fully saturated rings. The molecule has 0 bridgehead atoms. The van der Waals surface area contributed by atoms with Gasteiger partial charge in [-0.15, -0.1) is 0 Å². The van der Waals surface area contributed by atoms with Crippen LogP contribution in [0.1, 0.15) is 85.0 Å². The number of Topliss-reactive ketones (excluding diaryl/α,β-unsaturated/α-hetero) is 1. The number of carboxylic acids is 1. The number of fused-ring (bicyclic) bond motifs is 5. The van der Waals surface area contributed by atoms with Gasteiger partial charge < -0.3 is 14.8 Å². The molecule has 5 rings (SSSR count). The molecule has 7 nitrogen and oxygen atoms in total. The van der Waals surface area contributed by atoms with Crippen molar-refractivity contribution in [3.8, 4) is 0 Å². The fraction of sp³-hybridized carbons (Fsp3) is 0.786. The number of hydrogen-bond acceptors (Lipinski definition) is 5. The third-order valence-corrected chi connectivity index (χ3v) is 10.7. The molecule has 5 aliphatic rings. The second kappa shape index (κ2) is 9.04. The third-order valence-electron chi connectivity index (χ3n) is 10.7. The molecule has 7 unspecified atom stereocenters. The van der Waals surface area contributed by atoms with E-state index in [2.05, 4.69) is 25.1 Å². The van der Waals surface area contributed by atoms with E-state index in [1.165, 1.54) is 29.7 Å². The maximum Gasteiger partial charge on any atom is 0.326 e. The molecule has 7 atom stereocenters. The summed E-state index contributed by atoms with van der Waals surface area (Å²) in [6, 6.07) is -0.741. The van der Waals surface area contributed by atoms with Crippen molar-refractivity contribution in [3.63, 3.8) is 0 Å². The number of carbonyl (C=O) groups is 3. The van der Waals surface area contributed by atoms with Crippen LogP contribution >= 0.6 is 0 Å². The van der Waals surface area contributed by atoms with Crippen LogP contribution in [0.3, 0.4) is 0 Å². The number of oxime groups is 1. The largest absolute Gasteiger partial charge is 0.480 e. The highest BCUT2D eigenvalue weighted by Crippen LogP contribution is 2.66. The second-order valence-corrected chi connectivity index (χ2v) is 12.2. The normalized spacial score (nSPS) is 41.6. The van der Waals surface area contributed by atoms with Crippen LogP contribution in [0.5, 0.6) is 0 Å². The van der Waals surface area contributed by atoms with E-state index in [0.29, 0.717) is 42.9 Å². The number of carbonyl (C=O) groups excluding carboxylic acids is 2. The minimum atomic E-state index is -0.952. The SMILES string of the molecule is CC(=O)C1CCC2C3CCC4=CC(=NOCC(=O)N5CCCC5C(=O)O)CCC4(C)C3CCC12C. The topological polar surface area (TPSA) is 96.3 Å². The Morgan fingerprint density at radius 1 is 1.09 bits per heavy atom. The summed E-state index contributed by atoms with van der Waals surface area (Å²) >= 11 is 0. The van der Waals surface area contributed by atoms with Gasteiger partial charge in [-0.1, -0.05) is 24.6 Å². The highest BCUT2D eigenvalue weighted by molar-refractivity contribution is 5.96. The first-order valence-corrected chi connectivity index (χ1v) is 13.6. The van der Waals surface area contributed by atoms with Gasteiger partial charge in [-0.05, 0) is 106 Å². The smallest absolute Gasteiger partial charge is 0.326 e. The van der Waals surface area contributed by atoms with Gasteiger partial charge in [-0.25, -0.2) is 4.79 Å². The van der Waals surface area contributed by atoms with E-state index >= 15 is 0 Å². The van der Waals surface area contributed by atoms with Crippen LogP contribution in [0, 0.1) is 34.5 Å². The van der Waals surface area contributed by atoms with Gasteiger partial charge in [0.05, 0.1) is 5.71 Å². The zero-order chi connectivity index (χ0) is 25.0. The monoisotopic (exact) mass is 484 g/mol. The molecule has 7 heteroatoms. The van der Waals surface area contributed by atoms with E-state index in [-0.39, 0.29) is 29.3 Å². The predicted molar refractivity (Wildman–Crippen MR) is 132 cm³/mol. The number of allylic oxidation sites excluding steroid dienone is 2. The van der Waals surface area contributed by atoms with Gasteiger partial charge in [0.2, 0.25) is 0 Å². The zero-order valence-corrected chi connectivity index (χ0v) is 21.4. The Kier molecular flexibility index (Phi) is 6.33. The summed E-state index contributed by atoms with van der Waals surface area (Å²) in [6.45, 7) is 6.88. The summed E-state index contributed by atoms with van der Waals surface area (Å²) in [5, 5.41) is 13.6. The van der Waals surface area contributed by atoms with Crippen molar-refractivity contribution in [2.75, 3.05) is 13.2 Å². The van der Waals surface area contributed by atoms with Crippen LogP contribution in [-0.4, -0.2) is 52.6 Å². The molecule has 35 heavy (non-hydrogen) atoms. The highest BCUT2D eigenvalue weighted by atomic mass is 16.6. The number of ketones is 1. The van der Waals surface area contributed by atoms with Gasteiger partial charge >= 0.3 is 5.97 Å². The van der Waals surface area contributed by atoms with Crippen LogP contribution in [0.2, 0.25) is 0 Å². The van der Waals surface area contributed by atoms with Gasteiger partial charge in [0.15, 0.2) is 6.61 Å². The van der Waals surface area contributed by atoms with Crippen LogP contribution in [0.4, 0.5) is 0 Å². The van der Waals surface area contributed by atoms with Gasteiger partial charge in [0.1, 0.15) is 11.8 Å². The minimum absolute atomic E-state index is 0.178. The Labute approximate surface area is 208 Å². The number of nitrogens with zero attached hydrogens (tertiary/aromatic N) is 2. The molecule has 0 aromatic rings. The average Bonchev–Trinajstić information content (AvgIpc) is 3.44. The van der Waals surface area contributed by atoms with Gasteiger partial charge in [0, 0.05) is 12.5 Å². The van der Waals surface area contributed by atoms with Crippen molar-refractivity contribution in [1.29, 1.82) is 0 Å². The first-order valence-electron chi connectivity index (χ1n) is 13.6. The van der Waals surface area contributed by atoms with Gasteiger partial charge in [-0.3, -0.25) is 9.59 Å². The van der Waals surface area contributed by atoms with E-state index in [9.17, 15) is 19.5 Å². The molecule has 192 valence electrons. The number of carboxylic acid groups (broad SMARTS) is 1. The number of likely N-dealkylation sites (tertiary alicyclic amines) is 1. The van der Waals surface area contributed by atoms with Crippen molar-refractivity contribution >= 4 is 23.4 Å². The van der Waals surface area contributed by atoms with E-state index < -0.39 is 12.0 Å². The number of hydrogen-bond donors (Lipinski definition) is 1. The summed E-state index contributed by atoms with van der Waals surface area (Å²) in [5.74, 6) is 1.41. The van der Waals surface area contributed by atoms with Crippen LogP contribution in [-0.2, 0) is 19.2 Å². The van der Waals surface area contributed by atoms with E-state index in [4.69, 9.17) is 4.84 Å². The van der Waals surface area contributed by atoms with Crippen molar-refractivity contribution in [2.24, 2.45) is 39.7 Å².